The largest absolute Gasteiger partial charge is 0.378 e. The van der Waals surface area contributed by atoms with Gasteiger partial charge in [-0.1, -0.05) is 24.3 Å². The Kier molecular flexibility index (Phi) is 5.41. The van der Waals surface area contributed by atoms with E-state index in [1.54, 1.807) is 25.1 Å². The lowest BCUT2D eigenvalue weighted by atomic mass is 10.2. The second-order valence-corrected chi connectivity index (χ2v) is 9.34. The molecule has 4 rings (SSSR count). The van der Waals surface area contributed by atoms with Crippen LogP contribution < -0.4 is 4.90 Å². The Bertz CT molecular complexity index is 1240. The molecule has 0 unspecified atom stereocenters. The first kappa shape index (κ1) is 20.3. The van der Waals surface area contributed by atoms with Crippen LogP contribution in [0.25, 0.3) is 11.0 Å². The lowest BCUT2D eigenvalue weighted by molar-refractivity contribution is 0.122. The van der Waals surface area contributed by atoms with Gasteiger partial charge in [-0.3, -0.25) is 0 Å². The molecule has 1 aliphatic rings. The molecule has 2 aromatic carbocycles. The normalized spacial score (nSPS) is 15.7. The molecule has 0 amide bonds. The van der Waals surface area contributed by atoms with E-state index in [0.29, 0.717) is 48.7 Å². The number of fused-ring (bicyclic) bond motifs is 1. The standard InChI is InChI=1S/C22H22N4O3S/c1-15-7-8-16(2)19(13-15)30(27,28)20(14-23)21-22(26-9-11-29-12-10-26)25-18-6-4-3-5-17(18)24-21/h3-8,13,20H,9-12H2,1-2H3/t20-/m1/s1. The first-order valence-corrected chi connectivity index (χ1v) is 11.3. The van der Waals surface area contributed by atoms with Crippen LogP contribution in [0.3, 0.4) is 0 Å². The molecule has 0 aliphatic carbocycles. The van der Waals surface area contributed by atoms with Gasteiger partial charge >= 0.3 is 0 Å². The van der Waals surface area contributed by atoms with Crippen molar-refractivity contribution in [3.63, 3.8) is 0 Å². The van der Waals surface area contributed by atoms with Gasteiger partial charge in [0.15, 0.2) is 11.1 Å². The summed E-state index contributed by atoms with van der Waals surface area (Å²) in [5, 5.41) is 8.53. The molecule has 1 aromatic heterocycles. The zero-order valence-electron chi connectivity index (χ0n) is 16.9. The van der Waals surface area contributed by atoms with E-state index in [1.807, 2.05) is 42.2 Å². The maximum atomic E-state index is 13.6. The highest BCUT2D eigenvalue weighted by Crippen LogP contribution is 2.35. The predicted octanol–water partition coefficient (Wildman–Crippen LogP) is 3.12. The number of rotatable bonds is 4. The minimum Gasteiger partial charge on any atom is -0.378 e. The molecule has 0 radical (unpaired) electrons. The number of morpholine rings is 1. The van der Waals surface area contributed by atoms with Crippen molar-refractivity contribution in [1.82, 2.24) is 9.97 Å². The number of anilines is 1. The Balaban J connectivity index is 1.93. The van der Waals surface area contributed by atoms with Crippen LogP contribution >= 0.6 is 0 Å². The molecule has 0 N–H and O–H groups in total. The fourth-order valence-electron chi connectivity index (χ4n) is 3.61. The van der Waals surface area contributed by atoms with Crippen molar-refractivity contribution in [3.05, 3.63) is 59.3 Å². The molecule has 1 saturated heterocycles. The van der Waals surface area contributed by atoms with Crippen molar-refractivity contribution in [3.8, 4) is 6.07 Å². The van der Waals surface area contributed by atoms with E-state index in [9.17, 15) is 13.7 Å². The summed E-state index contributed by atoms with van der Waals surface area (Å²) in [4.78, 5) is 11.4. The first-order chi connectivity index (χ1) is 14.4. The molecule has 7 nitrogen and oxygen atoms in total. The molecular weight excluding hydrogens is 400 g/mol. The van der Waals surface area contributed by atoms with Crippen molar-refractivity contribution in [2.45, 2.75) is 24.0 Å². The van der Waals surface area contributed by atoms with Gasteiger partial charge in [0.25, 0.3) is 0 Å². The molecule has 1 fully saturated rings. The average molecular weight is 423 g/mol. The Hall–Kier alpha value is -3.02. The van der Waals surface area contributed by atoms with E-state index in [0.717, 1.165) is 5.56 Å². The van der Waals surface area contributed by atoms with Gasteiger partial charge in [-0.05, 0) is 43.2 Å². The highest BCUT2D eigenvalue weighted by atomic mass is 32.2. The minimum absolute atomic E-state index is 0.150. The second-order valence-electron chi connectivity index (χ2n) is 7.34. The molecule has 2 heterocycles. The van der Waals surface area contributed by atoms with Gasteiger partial charge in [0.05, 0.1) is 35.2 Å². The molecule has 1 atom stereocenters. The number of sulfone groups is 1. The molecular formula is C22H22N4O3S. The molecule has 8 heteroatoms. The van der Waals surface area contributed by atoms with Crippen LogP contribution in [0, 0.1) is 25.2 Å². The zero-order valence-corrected chi connectivity index (χ0v) is 17.7. The molecule has 30 heavy (non-hydrogen) atoms. The number of aryl methyl sites for hydroxylation is 2. The number of ether oxygens (including phenoxy) is 1. The fraction of sp³-hybridized carbons (Fsp3) is 0.318. The van der Waals surface area contributed by atoms with Crippen LogP contribution in [0.5, 0.6) is 0 Å². The van der Waals surface area contributed by atoms with Gasteiger partial charge < -0.3 is 9.64 Å². The summed E-state index contributed by atoms with van der Waals surface area (Å²) in [5.74, 6) is 0.428. The molecule has 0 spiro atoms. The Morgan fingerprint density at radius 1 is 1.07 bits per heavy atom. The van der Waals surface area contributed by atoms with E-state index >= 15 is 0 Å². The van der Waals surface area contributed by atoms with Gasteiger partial charge in [0, 0.05) is 13.1 Å². The highest BCUT2D eigenvalue weighted by Gasteiger charge is 2.36. The van der Waals surface area contributed by atoms with Crippen LogP contribution in [0.1, 0.15) is 22.1 Å². The van der Waals surface area contributed by atoms with Gasteiger partial charge in [0.2, 0.25) is 9.84 Å². The Labute approximate surface area is 175 Å². The van der Waals surface area contributed by atoms with Gasteiger partial charge in [0.1, 0.15) is 5.69 Å². The summed E-state index contributed by atoms with van der Waals surface area (Å²) >= 11 is 0. The van der Waals surface area contributed by atoms with Crippen molar-refractivity contribution < 1.29 is 13.2 Å². The van der Waals surface area contributed by atoms with Crippen LogP contribution in [0.15, 0.2) is 47.4 Å². The Morgan fingerprint density at radius 3 is 2.40 bits per heavy atom. The number of para-hydroxylation sites is 2. The third-order valence-corrected chi connectivity index (χ3v) is 7.22. The van der Waals surface area contributed by atoms with Gasteiger partial charge in [-0.2, -0.15) is 5.26 Å². The summed E-state index contributed by atoms with van der Waals surface area (Å²) < 4.78 is 32.6. The highest BCUT2D eigenvalue weighted by molar-refractivity contribution is 7.92. The first-order valence-electron chi connectivity index (χ1n) is 9.72. The number of nitrogens with zero attached hydrogens (tertiary/aromatic N) is 4. The number of nitriles is 1. The smallest absolute Gasteiger partial charge is 0.200 e. The quantitative estimate of drug-likeness (QED) is 0.637. The number of hydrogen-bond donors (Lipinski definition) is 0. The summed E-state index contributed by atoms with van der Waals surface area (Å²) in [7, 11) is -4.01. The van der Waals surface area contributed by atoms with Crippen molar-refractivity contribution >= 4 is 26.7 Å². The van der Waals surface area contributed by atoms with Crippen LogP contribution in [-0.2, 0) is 14.6 Å². The molecule has 1 aliphatic heterocycles. The Morgan fingerprint density at radius 2 is 1.73 bits per heavy atom. The number of aromatic nitrogens is 2. The zero-order chi connectivity index (χ0) is 21.3. The summed E-state index contributed by atoms with van der Waals surface area (Å²) in [5.41, 5.74) is 2.79. The van der Waals surface area contributed by atoms with Crippen molar-refractivity contribution in [2.75, 3.05) is 31.2 Å². The van der Waals surface area contributed by atoms with E-state index in [-0.39, 0.29) is 10.6 Å². The van der Waals surface area contributed by atoms with Gasteiger partial charge in [-0.15, -0.1) is 0 Å². The monoisotopic (exact) mass is 422 g/mol. The fourth-order valence-corrected chi connectivity index (χ4v) is 5.32. The van der Waals surface area contributed by atoms with Crippen molar-refractivity contribution in [1.29, 1.82) is 5.26 Å². The van der Waals surface area contributed by atoms with Crippen LogP contribution in [-0.4, -0.2) is 44.7 Å². The average Bonchev–Trinajstić information content (AvgIpc) is 2.76. The summed E-state index contributed by atoms with van der Waals surface area (Å²) in [6.45, 7) is 5.69. The summed E-state index contributed by atoms with van der Waals surface area (Å²) in [6, 6.07) is 14.5. The molecule has 3 aromatic rings. The van der Waals surface area contributed by atoms with Crippen molar-refractivity contribution in [2.24, 2.45) is 0 Å². The third kappa shape index (κ3) is 3.62. The number of benzene rings is 2. The minimum atomic E-state index is -4.01. The third-order valence-electron chi connectivity index (χ3n) is 5.21. The number of hydrogen-bond acceptors (Lipinski definition) is 7. The van der Waals surface area contributed by atoms with E-state index in [2.05, 4.69) is 4.98 Å². The maximum Gasteiger partial charge on any atom is 0.200 e. The lowest BCUT2D eigenvalue weighted by Crippen LogP contribution is -2.38. The van der Waals surface area contributed by atoms with Crippen LogP contribution in [0.4, 0.5) is 5.82 Å². The van der Waals surface area contributed by atoms with E-state index < -0.39 is 15.1 Å². The predicted molar refractivity (Wildman–Crippen MR) is 114 cm³/mol. The topological polar surface area (TPSA) is 96.2 Å². The molecule has 0 saturated carbocycles. The van der Waals surface area contributed by atoms with E-state index in [4.69, 9.17) is 9.72 Å². The molecule has 0 bridgehead atoms. The lowest BCUT2D eigenvalue weighted by Gasteiger charge is -2.30. The van der Waals surface area contributed by atoms with Crippen LogP contribution in [0.2, 0.25) is 0 Å². The van der Waals surface area contributed by atoms with E-state index in [1.165, 1.54) is 0 Å². The SMILES string of the molecule is Cc1ccc(C)c(S(=O)(=O)[C@H](C#N)c2nc3ccccc3nc2N2CCOCC2)c1. The van der Waals surface area contributed by atoms with Gasteiger partial charge in [-0.25, -0.2) is 18.4 Å². The summed E-state index contributed by atoms with van der Waals surface area (Å²) in [6.07, 6.45) is 0. The maximum absolute atomic E-state index is 13.6. The molecule has 154 valence electrons. The second kappa shape index (κ2) is 8.01.